The molecule has 9 aliphatic rings. The number of halogens is 1. The van der Waals surface area contributed by atoms with Crippen LogP contribution in [0.4, 0.5) is 52.3 Å². The van der Waals surface area contributed by atoms with Gasteiger partial charge in [0.15, 0.2) is 5.82 Å². The number of hydrogen-bond donors (Lipinski definition) is 4. The van der Waals surface area contributed by atoms with Crippen molar-refractivity contribution in [2.24, 2.45) is 0 Å². The maximum Gasteiger partial charge on any atom is 0.322 e. The molecule has 5 aliphatic heterocycles. The molecule has 19 rings (SSSR count). The van der Waals surface area contributed by atoms with Crippen molar-refractivity contribution in [2.75, 3.05) is 140 Å². The van der Waals surface area contributed by atoms with E-state index in [1.165, 1.54) is 47.1 Å². The molecule has 0 atom stereocenters. The third kappa shape index (κ3) is 19.1. The molecule has 5 saturated heterocycles. The third-order valence-corrected chi connectivity index (χ3v) is 29.3. The summed E-state index contributed by atoms with van der Waals surface area (Å²) in [6.07, 6.45) is 32.0. The molecule has 4 N–H and O–H groups in total. The summed E-state index contributed by atoms with van der Waals surface area (Å²) in [5, 5.41) is 13.2. The second-order valence-corrected chi connectivity index (χ2v) is 37.2. The molecule has 8 amide bonds. The van der Waals surface area contributed by atoms with E-state index in [0.717, 1.165) is 158 Å². The Labute approximate surface area is 751 Å². The molecule has 27 nitrogen and oxygen atoms in total. The van der Waals surface area contributed by atoms with Gasteiger partial charge in [-0.2, -0.15) is 0 Å². The van der Waals surface area contributed by atoms with Gasteiger partial charge >= 0.3 is 30.1 Å². The monoisotopic (exact) mass is 1730 g/mol. The molecule has 0 unspecified atom stereocenters. The highest BCUT2D eigenvalue weighted by molar-refractivity contribution is 5.97. The van der Waals surface area contributed by atoms with Crippen molar-refractivity contribution in [3.05, 3.63) is 265 Å². The van der Waals surface area contributed by atoms with Gasteiger partial charge in [-0.1, -0.05) is 152 Å². The first-order valence-electron chi connectivity index (χ1n) is 45.1. The lowest BCUT2D eigenvalue weighted by atomic mass is 9.69. The Morgan fingerprint density at radius 2 is 0.688 bits per heavy atom. The number of aromatic nitrogens is 8. The number of benzene rings is 6. The van der Waals surface area contributed by atoms with Gasteiger partial charge < -0.3 is 40.5 Å². The van der Waals surface area contributed by atoms with Crippen molar-refractivity contribution in [3.8, 4) is 17.4 Å². The largest absolute Gasteiger partial charge is 0.467 e. The number of nitrogens with one attached hydrogen (secondary N) is 4. The summed E-state index contributed by atoms with van der Waals surface area (Å²) in [4.78, 5) is 105. The highest BCUT2D eigenvalue weighted by Crippen LogP contribution is 2.51. The van der Waals surface area contributed by atoms with Crippen LogP contribution < -0.4 is 50.5 Å². The second kappa shape index (κ2) is 38.2. The molecular formula is C100H122FN21O6. The topological polar surface area (TPSA) is 267 Å². The number of ether oxygens (including phenoxy) is 2. The second-order valence-electron chi connectivity index (χ2n) is 37.2. The number of likely N-dealkylation sites (N-methyl/N-ethyl adjacent to an activating group) is 1. The number of carbonyl (C=O) groups excluding carboxylic acids is 4. The van der Waals surface area contributed by atoms with Crippen LogP contribution in [0.1, 0.15) is 136 Å². The number of amides is 8. The Hall–Kier alpha value is -12.0. The van der Waals surface area contributed by atoms with Crippen LogP contribution in [-0.4, -0.2) is 227 Å². The summed E-state index contributed by atoms with van der Waals surface area (Å²) in [6.45, 7) is 5.55. The number of urea groups is 4. The molecule has 9 fully saturated rings. The zero-order chi connectivity index (χ0) is 89.3. The summed E-state index contributed by atoms with van der Waals surface area (Å²) < 4.78 is 23.6. The standard InChI is InChI=1S/C28H33N5O.C26H28FN5O.C25H34N6O2.C21H27N5O2/c1-32(2)28(23-11-7-4-8-12-23)17-15-27(16-18-28)21-33(26(34)31-27)24-19-29-25(30-20-24)14-13-22-9-5-3-6-10-22;1-31(2)26(20-6-4-3-5-7-20)14-12-25(13-15-26)18-32(24(33)30-25)22-16-28-23(29-17-22)19-8-10-21(27)11-9-19;1-29(2)25(16-20-6-4-3-5-7-20)10-8-24(9-11-25)19-31(23(32)28-24)21-17-26-22(27-18-21)30-12-14-33-15-13-30;1-25(2)21(16-7-5-4-6-8-16)11-9-20(10-12-21)15-26(19(27)24-20)17-13-22-18(28-3)23-14-17/h3-12,19-20H,13-18,21H2,1-2H3,(H,31,34);3-11,16-17H,12-15,18H2,1-2H3,(H,30,33);3-7,17-18H,8-16,19H2,1-2H3,(H,28,32);4-8,13-14H,9-12,15H2,1-3H3,(H,24,27). The minimum absolute atomic E-state index is 0.00782. The molecule has 10 aromatic rings. The zero-order valence-corrected chi connectivity index (χ0v) is 75.4. The predicted molar refractivity (Wildman–Crippen MR) is 497 cm³/mol. The average molecular weight is 1730 g/mol. The molecule has 4 aromatic heterocycles. The minimum Gasteiger partial charge on any atom is -0.467 e. The fourth-order valence-corrected chi connectivity index (χ4v) is 21.1. The lowest BCUT2D eigenvalue weighted by molar-refractivity contribution is 0.0657. The first-order valence-corrected chi connectivity index (χ1v) is 45.1. The van der Waals surface area contributed by atoms with Crippen LogP contribution in [0.15, 0.2) is 225 Å². The van der Waals surface area contributed by atoms with Gasteiger partial charge in [0, 0.05) is 47.2 Å². The van der Waals surface area contributed by atoms with E-state index in [4.69, 9.17) is 9.47 Å². The summed E-state index contributed by atoms with van der Waals surface area (Å²) in [7, 11) is 18.8. The lowest BCUT2D eigenvalue weighted by Gasteiger charge is -2.48. The molecule has 0 bridgehead atoms. The van der Waals surface area contributed by atoms with E-state index in [1.807, 2.05) is 15.9 Å². The van der Waals surface area contributed by atoms with Crippen molar-refractivity contribution in [1.29, 1.82) is 0 Å². The molecule has 28 heteroatoms. The maximum atomic E-state index is 13.2. The van der Waals surface area contributed by atoms with E-state index in [2.05, 4.69) is 288 Å². The van der Waals surface area contributed by atoms with Crippen molar-refractivity contribution < 1.29 is 33.0 Å². The first kappa shape index (κ1) is 89.4. The SMILES string of the molecule is CN(C)C1(Cc2ccccc2)CCC2(CC1)CN(c1cnc(N3CCOCC3)nc1)C(=O)N2.CN(C)C1(c2ccccc2)CCC2(CC1)CN(c1cnc(-c3ccc(F)cc3)nc1)C(=O)N2.CN(C)C1(c2ccccc2)CCC2(CC1)CN(c1cnc(CCc3ccccc3)nc1)C(=O)N2.COc1ncc(N2CC3(CCC(c4ccccc4)(N(C)C)CC3)NC2=O)cn1. The van der Waals surface area contributed by atoms with Crippen molar-refractivity contribution in [1.82, 2.24) is 80.7 Å². The van der Waals surface area contributed by atoms with Gasteiger partial charge in [0.25, 0.3) is 0 Å². The molecule has 0 radical (unpaired) electrons. The van der Waals surface area contributed by atoms with Gasteiger partial charge in [0.2, 0.25) is 5.95 Å². The van der Waals surface area contributed by atoms with E-state index in [9.17, 15) is 23.6 Å². The van der Waals surface area contributed by atoms with Crippen molar-refractivity contribution in [2.45, 2.75) is 166 Å². The minimum atomic E-state index is -0.299. The normalized spacial score (nSPS) is 26.1. The van der Waals surface area contributed by atoms with E-state index < -0.39 is 0 Å². The van der Waals surface area contributed by atoms with Gasteiger partial charge in [0.1, 0.15) is 11.6 Å². The van der Waals surface area contributed by atoms with Crippen molar-refractivity contribution >= 4 is 52.8 Å². The first-order chi connectivity index (χ1) is 61.9. The van der Waals surface area contributed by atoms with Crippen LogP contribution in [0.25, 0.3) is 11.4 Å². The van der Waals surface area contributed by atoms with Gasteiger partial charge in [-0.15, -0.1) is 0 Å². The zero-order valence-electron chi connectivity index (χ0n) is 75.4. The quantitative estimate of drug-likeness (QED) is 0.0586. The van der Waals surface area contributed by atoms with Gasteiger partial charge in [-0.05, 0) is 224 Å². The summed E-state index contributed by atoms with van der Waals surface area (Å²) in [5.74, 6) is 1.71. The fraction of sp³-hybridized carbons (Fsp3) is 0.440. The molecule has 9 heterocycles. The molecule has 4 saturated carbocycles. The number of morpholine rings is 1. The van der Waals surface area contributed by atoms with E-state index in [-0.39, 0.29) is 74.3 Å². The van der Waals surface area contributed by atoms with E-state index in [0.29, 0.717) is 68.6 Å². The highest BCUT2D eigenvalue weighted by Gasteiger charge is 2.55. The maximum absolute atomic E-state index is 13.2. The number of methoxy groups -OCH3 is 1. The van der Waals surface area contributed by atoms with Gasteiger partial charge in [-0.3, -0.25) is 34.3 Å². The Balaban J connectivity index is 0.000000126. The number of rotatable bonds is 19. The number of hydrogen-bond acceptors (Lipinski definition) is 19. The van der Waals surface area contributed by atoms with Crippen molar-refractivity contribution in [3.63, 3.8) is 0 Å². The summed E-state index contributed by atoms with van der Waals surface area (Å²) in [6, 6.07) is 59.3. The highest BCUT2D eigenvalue weighted by atomic mass is 19.1. The molecule has 4 spiro atoms. The Morgan fingerprint density at radius 3 is 1.03 bits per heavy atom. The summed E-state index contributed by atoms with van der Waals surface area (Å²) >= 11 is 0. The average Bonchev–Trinajstić information content (AvgIpc) is 1.32. The van der Waals surface area contributed by atoms with E-state index >= 15 is 0 Å². The molecule has 6 aromatic carbocycles. The smallest absolute Gasteiger partial charge is 0.322 e. The fourth-order valence-electron chi connectivity index (χ4n) is 21.1. The molecular weight excluding hydrogens is 1610 g/mol. The summed E-state index contributed by atoms with van der Waals surface area (Å²) in [5.41, 5.74) is 9.59. The number of nitrogens with zero attached hydrogens (tertiary/aromatic N) is 17. The van der Waals surface area contributed by atoms with E-state index in [1.54, 1.807) is 71.5 Å². The van der Waals surface area contributed by atoms with Crippen LogP contribution in [0.5, 0.6) is 6.01 Å². The van der Waals surface area contributed by atoms with Crippen LogP contribution in [0.2, 0.25) is 0 Å². The number of carbonyl (C=O) groups is 4. The molecule has 128 heavy (non-hydrogen) atoms. The van der Waals surface area contributed by atoms with Crippen LogP contribution in [0, 0.1) is 5.82 Å². The Bertz CT molecular complexity index is 5350. The van der Waals surface area contributed by atoms with Crippen LogP contribution in [0.3, 0.4) is 0 Å². The van der Waals surface area contributed by atoms with Crippen LogP contribution in [-0.2, 0) is 40.6 Å². The van der Waals surface area contributed by atoms with Gasteiger partial charge in [-0.25, -0.2) is 63.4 Å². The molecule has 4 aliphatic carbocycles. The van der Waals surface area contributed by atoms with Crippen LogP contribution >= 0.6 is 0 Å². The lowest BCUT2D eigenvalue weighted by Crippen LogP contribution is -2.56. The third-order valence-electron chi connectivity index (χ3n) is 29.3. The van der Waals surface area contributed by atoms with Gasteiger partial charge in [0.05, 0.1) is 141 Å². The predicted octanol–water partition coefficient (Wildman–Crippen LogP) is 14.6. The Morgan fingerprint density at radius 1 is 0.367 bits per heavy atom. The number of anilines is 5. The number of aryl methyl sites for hydroxylation is 2. The molecule has 670 valence electrons. The Kier molecular flexibility index (Phi) is 26.7.